The van der Waals surface area contributed by atoms with Gasteiger partial charge in [-0.15, -0.1) is 0 Å². The fraction of sp³-hybridized carbons (Fsp3) is 0. The van der Waals surface area contributed by atoms with Crippen molar-refractivity contribution in [1.82, 2.24) is 0 Å². The second kappa shape index (κ2) is 4.07. The van der Waals surface area contributed by atoms with Gasteiger partial charge >= 0.3 is 37.0 Å². The molecule has 0 heterocycles. The van der Waals surface area contributed by atoms with Gasteiger partial charge < -0.3 is 12.5 Å². The van der Waals surface area contributed by atoms with Crippen LogP contribution in [-0.4, -0.2) is 44.1 Å². The second-order valence-electron chi connectivity index (χ2n) is 0.848. The third-order valence-electron chi connectivity index (χ3n) is 0.197. The Kier molecular flexibility index (Phi) is 5.40. The van der Waals surface area contributed by atoms with Crippen molar-refractivity contribution >= 4 is 37.0 Å². The van der Waals surface area contributed by atoms with E-state index in [1.165, 1.54) is 0 Å². The Morgan fingerprint density at radius 2 is 1.89 bits per heavy atom. The van der Waals surface area contributed by atoms with Crippen LogP contribution in [0.2, 0.25) is 0 Å². The predicted octanol–water partition coefficient (Wildman–Crippen LogP) is -0.382. The predicted molar refractivity (Wildman–Crippen MR) is 29.1 cm³/mol. The van der Waals surface area contributed by atoms with Crippen LogP contribution in [0.15, 0.2) is 0 Å². The van der Waals surface area contributed by atoms with E-state index in [-0.39, 0.29) is 25.9 Å². The van der Waals surface area contributed by atoms with Crippen LogP contribution in [-0.2, 0) is 9.09 Å². The Morgan fingerprint density at radius 1 is 1.56 bits per heavy atom. The summed E-state index contributed by atoms with van der Waals surface area (Å²) in [5.41, 5.74) is 0. The number of carboxylic acid groups (broad SMARTS) is 1. The first-order valence-corrected chi connectivity index (χ1v) is 2.93. The molecule has 0 saturated carbocycles. The van der Waals surface area contributed by atoms with Crippen molar-refractivity contribution in [2.24, 2.45) is 0 Å². The Balaban J connectivity index is -0.0000000817. The summed E-state index contributed by atoms with van der Waals surface area (Å²) < 4.78 is 12.6. The number of hydrogen-bond donors (Lipinski definition) is 3. The third-order valence-corrected chi connectivity index (χ3v) is 0.591. The minimum Gasteiger partial charge on any atom is -1.00 e. The largest absolute Gasteiger partial charge is 2.00 e. The number of phosphoric ester groups is 1. The molecule has 0 aromatic heterocycles. The van der Waals surface area contributed by atoms with Crippen LogP contribution in [0.3, 0.4) is 0 Å². The maximum absolute atomic E-state index is 9.53. The van der Waals surface area contributed by atoms with Gasteiger partial charge in [-0.1, -0.05) is 0 Å². The molecule has 0 unspecified atom stereocenters. The van der Waals surface area contributed by atoms with Crippen LogP contribution in [0.1, 0.15) is 2.85 Å². The molecule has 52 valence electrons. The molecule has 0 aromatic rings. The molecule has 0 atom stereocenters. The molecule has 9 heavy (non-hydrogen) atoms. The SMILES string of the molecule is O=C(O)OP(=O)(O)O.[H-].[H-].[Mg+2]. The first-order valence-electron chi connectivity index (χ1n) is 1.40. The molecule has 0 aromatic carbocycles. The van der Waals surface area contributed by atoms with E-state index in [1.54, 1.807) is 0 Å². The van der Waals surface area contributed by atoms with Crippen molar-refractivity contribution < 1.29 is 31.6 Å². The Bertz CT molecular complexity index is 144. The average molecular weight is 168 g/mol. The zero-order valence-electron chi connectivity index (χ0n) is 6.22. The molecule has 0 spiro atoms. The van der Waals surface area contributed by atoms with E-state index in [2.05, 4.69) is 4.52 Å². The Hall–Kier alpha value is 0.186. The smallest absolute Gasteiger partial charge is 1.00 e. The molecule has 6 nitrogen and oxygen atoms in total. The Labute approximate surface area is 69.2 Å². The van der Waals surface area contributed by atoms with Gasteiger partial charge in [0.05, 0.1) is 0 Å². The van der Waals surface area contributed by atoms with Crippen molar-refractivity contribution in [1.29, 1.82) is 0 Å². The van der Waals surface area contributed by atoms with Crippen molar-refractivity contribution in [3.8, 4) is 0 Å². The molecule has 0 radical (unpaired) electrons. The summed E-state index contributed by atoms with van der Waals surface area (Å²) in [7, 11) is -4.82. The number of phosphoric acid groups is 1. The minimum atomic E-state index is -4.82. The van der Waals surface area contributed by atoms with Gasteiger partial charge in [0.1, 0.15) is 0 Å². The molecule has 0 aliphatic heterocycles. The van der Waals surface area contributed by atoms with E-state index >= 15 is 0 Å². The van der Waals surface area contributed by atoms with Crippen LogP contribution in [0.4, 0.5) is 4.79 Å². The van der Waals surface area contributed by atoms with Gasteiger partial charge in [-0.25, -0.2) is 9.36 Å². The van der Waals surface area contributed by atoms with Crippen LogP contribution < -0.4 is 0 Å². The topological polar surface area (TPSA) is 104 Å². The number of rotatable bonds is 1. The van der Waals surface area contributed by atoms with E-state index < -0.39 is 14.0 Å². The van der Waals surface area contributed by atoms with E-state index in [9.17, 15) is 9.36 Å². The number of carbonyl (C=O) groups is 1. The van der Waals surface area contributed by atoms with E-state index in [0.29, 0.717) is 0 Å². The van der Waals surface area contributed by atoms with E-state index in [1.807, 2.05) is 0 Å². The van der Waals surface area contributed by atoms with Gasteiger partial charge in [0.15, 0.2) is 0 Å². The van der Waals surface area contributed by atoms with Gasteiger partial charge in [0, 0.05) is 0 Å². The zero-order valence-corrected chi connectivity index (χ0v) is 6.53. The fourth-order valence-corrected chi connectivity index (χ4v) is 0.305. The van der Waals surface area contributed by atoms with Gasteiger partial charge in [0.2, 0.25) is 0 Å². The summed E-state index contributed by atoms with van der Waals surface area (Å²) in [5.74, 6) is 0. The molecule has 0 aliphatic carbocycles. The minimum absolute atomic E-state index is 0. The molecule has 0 bridgehead atoms. The summed E-state index contributed by atoms with van der Waals surface area (Å²) in [6.45, 7) is 0. The van der Waals surface area contributed by atoms with Crippen molar-refractivity contribution in [2.45, 2.75) is 0 Å². The quantitative estimate of drug-likeness (QED) is 0.364. The summed E-state index contributed by atoms with van der Waals surface area (Å²) in [4.78, 5) is 24.7. The summed E-state index contributed by atoms with van der Waals surface area (Å²) in [5, 5.41) is 7.53. The first kappa shape index (κ1) is 11.9. The van der Waals surface area contributed by atoms with E-state index in [0.717, 1.165) is 0 Å². The Morgan fingerprint density at radius 3 is 1.89 bits per heavy atom. The molecule has 0 fully saturated rings. The summed E-state index contributed by atoms with van der Waals surface area (Å²) in [6, 6.07) is 0. The molecular weight excluding hydrogens is 163 g/mol. The molecule has 0 amide bonds. The maximum atomic E-state index is 9.53. The van der Waals surface area contributed by atoms with Crippen molar-refractivity contribution in [2.75, 3.05) is 0 Å². The monoisotopic (exact) mass is 168 g/mol. The van der Waals surface area contributed by atoms with Gasteiger partial charge in [-0.3, -0.25) is 9.79 Å². The molecule has 0 aliphatic rings. The average Bonchev–Trinajstić information content (AvgIpc) is 1.21. The fourth-order valence-electron chi connectivity index (χ4n) is 0.102. The molecule has 3 N–H and O–H groups in total. The van der Waals surface area contributed by atoms with Crippen LogP contribution in [0.5, 0.6) is 0 Å². The molecule has 0 saturated heterocycles. The zero-order chi connectivity index (χ0) is 6.78. The molecule has 0 rings (SSSR count). The maximum Gasteiger partial charge on any atom is 2.00 e. The molecular formula is CH5MgO6P. The second-order valence-corrected chi connectivity index (χ2v) is 2.01. The summed E-state index contributed by atoms with van der Waals surface area (Å²) in [6.07, 6.45) is -1.99. The van der Waals surface area contributed by atoms with Gasteiger partial charge in [-0.2, -0.15) is 0 Å². The van der Waals surface area contributed by atoms with Crippen molar-refractivity contribution in [3.05, 3.63) is 0 Å². The van der Waals surface area contributed by atoms with Gasteiger partial charge in [0.25, 0.3) is 0 Å². The number of hydrogen-bond acceptors (Lipinski definition) is 3. The third kappa shape index (κ3) is 11.6. The van der Waals surface area contributed by atoms with E-state index in [4.69, 9.17) is 14.9 Å². The van der Waals surface area contributed by atoms with Crippen LogP contribution in [0, 0.1) is 0 Å². The normalized spacial score (nSPS) is 9.56. The summed E-state index contributed by atoms with van der Waals surface area (Å²) >= 11 is 0. The first-order chi connectivity index (χ1) is 3.42. The van der Waals surface area contributed by atoms with Crippen LogP contribution in [0.25, 0.3) is 0 Å². The standard InChI is InChI=1S/CH3O6P.Mg.2H/c2-1(3)7-8(4,5)6;;;/h(H,2,3)(H2,4,5,6);;;/q;+2;2*-1. The van der Waals surface area contributed by atoms with Gasteiger partial charge in [-0.05, 0) is 0 Å². The molecule has 8 heteroatoms. The van der Waals surface area contributed by atoms with Crippen LogP contribution >= 0.6 is 7.82 Å². The van der Waals surface area contributed by atoms with Crippen molar-refractivity contribution in [3.63, 3.8) is 0 Å².